The van der Waals surface area contributed by atoms with Crippen molar-refractivity contribution >= 4 is 11.9 Å². The highest BCUT2D eigenvalue weighted by molar-refractivity contribution is 5.77. The van der Waals surface area contributed by atoms with Crippen LogP contribution >= 0.6 is 0 Å². The molecule has 0 bridgehead atoms. The molecule has 2 aliphatic heterocycles. The van der Waals surface area contributed by atoms with Crippen LogP contribution in [0.25, 0.3) is 0 Å². The van der Waals surface area contributed by atoms with Crippen molar-refractivity contribution in [2.24, 2.45) is 10.8 Å². The van der Waals surface area contributed by atoms with E-state index in [0.29, 0.717) is 39.6 Å². The first-order valence-electron chi connectivity index (χ1n) is 8.00. The van der Waals surface area contributed by atoms with E-state index in [4.69, 9.17) is 18.9 Å². The summed E-state index contributed by atoms with van der Waals surface area (Å²) >= 11 is 0. The van der Waals surface area contributed by atoms with Gasteiger partial charge < -0.3 is 18.9 Å². The quantitative estimate of drug-likeness (QED) is 0.603. The Morgan fingerprint density at radius 2 is 1.18 bits per heavy atom. The number of rotatable bonds is 9. The molecule has 0 aliphatic carbocycles. The molecular formula is C16H26O6. The van der Waals surface area contributed by atoms with Crippen LogP contribution in [0, 0.1) is 10.8 Å². The summed E-state index contributed by atoms with van der Waals surface area (Å²) < 4.78 is 20.8. The number of esters is 2. The van der Waals surface area contributed by atoms with Crippen LogP contribution in [0.1, 0.15) is 39.5 Å². The number of hydrogen-bond acceptors (Lipinski definition) is 6. The van der Waals surface area contributed by atoms with E-state index < -0.39 is 0 Å². The molecule has 6 heteroatoms. The van der Waals surface area contributed by atoms with Gasteiger partial charge in [-0.15, -0.1) is 0 Å². The fourth-order valence-electron chi connectivity index (χ4n) is 2.38. The smallest absolute Gasteiger partial charge is 0.306 e. The van der Waals surface area contributed by atoms with Crippen molar-refractivity contribution in [3.63, 3.8) is 0 Å². The van der Waals surface area contributed by atoms with Gasteiger partial charge in [-0.2, -0.15) is 0 Å². The molecule has 0 aromatic carbocycles. The van der Waals surface area contributed by atoms with Gasteiger partial charge in [-0.25, -0.2) is 0 Å². The second kappa shape index (κ2) is 7.42. The molecule has 0 spiro atoms. The second-order valence-electron chi connectivity index (χ2n) is 6.51. The van der Waals surface area contributed by atoms with Gasteiger partial charge in [0.1, 0.15) is 13.2 Å². The largest absolute Gasteiger partial charge is 0.465 e. The maximum absolute atomic E-state index is 11.7. The number of carbonyl (C=O) groups excluding carboxylic acids is 2. The van der Waals surface area contributed by atoms with Gasteiger partial charge in [0.15, 0.2) is 0 Å². The summed E-state index contributed by atoms with van der Waals surface area (Å²) in [7, 11) is 0. The molecule has 0 atom stereocenters. The number of ether oxygens (including phenoxy) is 4. The molecule has 22 heavy (non-hydrogen) atoms. The number of hydrogen-bond donors (Lipinski definition) is 0. The molecule has 0 radical (unpaired) electrons. The van der Waals surface area contributed by atoms with Crippen molar-refractivity contribution < 1.29 is 28.5 Å². The number of carbonyl (C=O) groups is 2. The van der Waals surface area contributed by atoms with Crippen molar-refractivity contribution in [1.82, 2.24) is 0 Å². The molecule has 2 fully saturated rings. The van der Waals surface area contributed by atoms with Gasteiger partial charge in [-0.3, -0.25) is 9.59 Å². The lowest BCUT2D eigenvalue weighted by Crippen LogP contribution is -2.46. The molecule has 0 aromatic heterocycles. The Labute approximate surface area is 131 Å². The van der Waals surface area contributed by atoms with Crippen LogP contribution in [-0.2, 0) is 28.5 Å². The summed E-state index contributed by atoms with van der Waals surface area (Å²) in [6.07, 6.45) is 1.97. The third-order valence-corrected chi connectivity index (χ3v) is 4.74. The molecule has 0 N–H and O–H groups in total. The Balaban J connectivity index is 1.58. The van der Waals surface area contributed by atoms with E-state index in [1.54, 1.807) is 0 Å². The summed E-state index contributed by atoms with van der Waals surface area (Å²) in [5.41, 5.74) is -0.0399. The molecule has 6 nitrogen and oxygen atoms in total. The third kappa shape index (κ3) is 4.20. The minimum absolute atomic E-state index is 0.0199. The van der Waals surface area contributed by atoms with Gasteiger partial charge in [-0.05, 0) is 12.8 Å². The van der Waals surface area contributed by atoms with E-state index in [0.717, 1.165) is 12.8 Å². The van der Waals surface area contributed by atoms with Crippen LogP contribution in [0.2, 0.25) is 0 Å². The van der Waals surface area contributed by atoms with Crippen LogP contribution in [0.15, 0.2) is 0 Å². The predicted molar refractivity (Wildman–Crippen MR) is 78.2 cm³/mol. The fourth-order valence-corrected chi connectivity index (χ4v) is 2.38. The maximum atomic E-state index is 11.7. The Morgan fingerprint density at radius 3 is 1.41 bits per heavy atom. The van der Waals surface area contributed by atoms with E-state index in [1.165, 1.54) is 0 Å². The Kier molecular flexibility index (Phi) is 5.81. The highest BCUT2D eigenvalue weighted by Gasteiger charge is 2.39. The average molecular weight is 314 g/mol. The van der Waals surface area contributed by atoms with Gasteiger partial charge in [-0.1, -0.05) is 13.8 Å². The standard InChI is InChI=1S/C16H26O6/c1-3-15(7-19-8-15)11-21-13(17)5-6-14(18)22-12-16(4-2)9-20-10-16/h3-12H2,1-2H3. The van der Waals surface area contributed by atoms with Crippen molar-refractivity contribution in [2.75, 3.05) is 39.6 Å². The van der Waals surface area contributed by atoms with Crippen LogP contribution in [-0.4, -0.2) is 51.6 Å². The van der Waals surface area contributed by atoms with Gasteiger partial charge in [0.05, 0.1) is 50.1 Å². The first-order chi connectivity index (χ1) is 10.5. The van der Waals surface area contributed by atoms with E-state index in [9.17, 15) is 9.59 Å². The van der Waals surface area contributed by atoms with E-state index in [-0.39, 0.29) is 35.6 Å². The predicted octanol–water partition coefficient (Wildman–Crippen LogP) is 1.71. The Morgan fingerprint density at radius 1 is 0.818 bits per heavy atom. The highest BCUT2D eigenvalue weighted by Crippen LogP contribution is 2.32. The average Bonchev–Trinajstić information content (AvgIpc) is 2.44. The minimum Gasteiger partial charge on any atom is -0.465 e. The molecule has 0 unspecified atom stereocenters. The summed E-state index contributed by atoms with van der Waals surface area (Å²) in [6, 6.07) is 0. The lowest BCUT2D eigenvalue weighted by molar-refractivity contribution is -0.175. The lowest BCUT2D eigenvalue weighted by atomic mass is 9.84. The Bertz CT molecular complexity index is 348. The first kappa shape index (κ1) is 17.2. The van der Waals surface area contributed by atoms with Gasteiger partial charge in [0.25, 0.3) is 0 Å². The van der Waals surface area contributed by atoms with Crippen molar-refractivity contribution in [1.29, 1.82) is 0 Å². The van der Waals surface area contributed by atoms with Crippen LogP contribution < -0.4 is 0 Å². The van der Waals surface area contributed by atoms with E-state index in [2.05, 4.69) is 13.8 Å². The summed E-state index contributed by atoms with van der Waals surface area (Å²) in [6.45, 7) is 7.41. The second-order valence-corrected chi connectivity index (χ2v) is 6.51. The molecule has 2 aliphatic rings. The van der Waals surface area contributed by atoms with Gasteiger partial charge in [0.2, 0.25) is 0 Å². The zero-order valence-corrected chi connectivity index (χ0v) is 13.5. The molecule has 0 aromatic rings. The zero-order chi connectivity index (χ0) is 16.1. The molecular weight excluding hydrogens is 288 g/mol. The van der Waals surface area contributed by atoms with Crippen LogP contribution in [0.5, 0.6) is 0 Å². The van der Waals surface area contributed by atoms with Crippen molar-refractivity contribution in [3.8, 4) is 0 Å². The van der Waals surface area contributed by atoms with Gasteiger partial charge in [0, 0.05) is 0 Å². The maximum Gasteiger partial charge on any atom is 0.306 e. The first-order valence-corrected chi connectivity index (χ1v) is 8.00. The highest BCUT2D eigenvalue weighted by atomic mass is 16.6. The molecule has 0 amide bonds. The van der Waals surface area contributed by atoms with Crippen molar-refractivity contribution in [2.45, 2.75) is 39.5 Å². The third-order valence-electron chi connectivity index (χ3n) is 4.74. The van der Waals surface area contributed by atoms with Crippen LogP contribution in [0.4, 0.5) is 0 Å². The van der Waals surface area contributed by atoms with Crippen molar-refractivity contribution in [3.05, 3.63) is 0 Å². The lowest BCUT2D eigenvalue weighted by Gasteiger charge is -2.40. The van der Waals surface area contributed by atoms with Gasteiger partial charge >= 0.3 is 11.9 Å². The summed E-state index contributed by atoms with van der Waals surface area (Å²) in [5, 5.41) is 0. The summed E-state index contributed by atoms with van der Waals surface area (Å²) in [4.78, 5) is 23.4. The van der Waals surface area contributed by atoms with E-state index >= 15 is 0 Å². The molecule has 2 heterocycles. The SMILES string of the molecule is CCC1(COC(=O)CCC(=O)OCC2(CC)COC2)COC1. The Hall–Kier alpha value is -1.14. The topological polar surface area (TPSA) is 71.1 Å². The molecule has 126 valence electrons. The fraction of sp³-hybridized carbons (Fsp3) is 0.875. The zero-order valence-electron chi connectivity index (χ0n) is 13.5. The molecule has 2 rings (SSSR count). The summed E-state index contributed by atoms with van der Waals surface area (Å²) in [5.74, 6) is -0.706. The normalized spacial score (nSPS) is 21.4. The molecule has 2 saturated heterocycles. The molecule has 0 saturated carbocycles. The van der Waals surface area contributed by atoms with Crippen LogP contribution in [0.3, 0.4) is 0 Å². The van der Waals surface area contributed by atoms with E-state index in [1.807, 2.05) is 0 Å². The minimum atomic E-state index is -0.353. The monoisotopic (exact) mass is 314 g/mol.